The molecule has 1 saturated heterocycles. The highest BCUT2D eigenvalue weighted by atomic mass is 16.5. The van der Waals surface area contributed by atoms with E-state index < -0.39 is 0 Å². The van der Waals surface area contributed by atoms with Gasteiger partial charge in [0.2, 0.25) is 0 Å². The number of nitriles is 1. The summed E-state index contributed by atoms with van der Waals surface area (Å²) in [5, 5.41) is 8.97. The van der Waals surface area contributed by atoms with Gasteiger partial charge in [-0.1, -0.05) is 13.0 Å². The minimum absolute atomic E-state index is 0.247. The molecule has 0 aliphatic carbocycles. The van der Waals surface area contributed by atoms with Crippen LogP contribution in [0.15, 0.2) is 18.2 Å². The Morgan fingerprint density at radius 3 is 2.89 bits per heavy atom. The van der Waals surface area contributed by atoms with Crippen molar-refractivity contribution in [2.45, 2.75) is 19.9 Å². The van der Waals surface area contributed by atoms with Gasteiger partial charge < -0.3 is 10.5 Å². The molecule has 1 atom stereocenters. The van der Waals surface area contributed by atoms with Crippen molar-refractivity contribution < 1.29 is 4.74 Å². The number of benzene rings is 1. The number of likely N-dealkylation sites (tertiary alicyclic amines) is 1. The molecule has 2 rings (SSSR count). The second-order valence-electron chi connectivity index (χ2n) is 5.62. The van der Waals surface area contributed by atoms with Crippen molar-refractivity contribution in [3.8, 4) is 11.8 Å². The highest BCUT2D eigenvalue weighted by molar-refractivity contribution is 5.45. The molecule has 2 N–H and O–H groups in total. The van der Waals surface area contributed by atoms with Gasteiger partial charge in [0, 0.05) is 13.1 Å². The topological polar surface area (TPSA) is 62.3 Å². The second kappa shape index (κ2) is 5.60. The Balaban J connectivity index is 2.07. The second-order valence-corrected chi connectivity index (χ2v) is 5.62. The van der Waals surface area contributed by atoms with Crippen molar-refractivity contribution in [1.82, 2.24) is 4.90 Å². The van der Waals surface area contributed by atoms with Crippen molar-refractivity contribution >= 4 is 0 Å². The first-order valence-electron chi connectivity index (χ1n) is 6.60. The first-order valence-corrected chi connectivity index (χ1v) is 6.60. The van der Waals surface area contributed by atoms with E-state index in [1.165, 1.54) is 5.56 Å². The van der Waals surface area contributed by atoms with Crippen molar-refractivity contribution in [2.75, 3.05) is 26.7 Å². The average Bonchev–Trinajstić information content (AvgIpc) is 2.81. The van der Waals surface area contributed by atoms with E-state index in [4.69, 9.17) is 15.7 Å². The zero-order chi connectivity index (χ0) is 13.9. The standard InChI is InChI=1S/C15H21N3O/c1-15(10-17)5-6-18(11-15)9-12-3-4-13(8-16)14(7-12)19-2/h3-4,7H,5-6,9-11,17H2,1-2H3. The van der Waals surface area contributed by atoms with Crippen molar-refractivity contribution in [3.05, 3.63) is 29.3 Å². The molecular formula is C15H21N3O. The van der Waals surface area contributed by atoms with Crippen LogP contribution >= 0.6 is 0 Å². The maximum absolute atomic E-state index is 8.97. The molecule has 1 aromatic rings. The van der Waals surface area contributed by atoms with Crippen molar-refractivity contribution in [1.29, 1.82) is 5.26 Å². The van der Waals surface area contributed by atoms with Gasteiger partial charge in [0.05, 0.1) is 12.7 Å². The van der Waals surface area contributed by atoms with Crippen LogP contribution in [0.3, 0.4) is 0 Å². The largest absolute Gasteiger partial charge is 0.495 e. The van der Waals surface area contributed by atoms with Crippen LogP contribution < -0.4 is 10.5 Å². The number of hydrogen-bond donors (Lipinski definition) is 1. The van der Waals surface area contributed by atoms with E-state index in [2.05, 4.69) is 17.9 Å². The van der Waals surface area contributed by atoms with E-state index >= 15 is 0 Å². The highest BCUT2D eigenvalue weighted by Crippen LogP contribution is 2.30. The molecule has 0 saturated carbocycles. The van der Waals surface area contributed by atoms with E-state index in [0.29, 0.717) is 11.3 Å². The van der Waals surface area contributed by atoms with Crippen LogP contribution in [-0.4, -0.2) is 31.6 Å². The summed E-state index contributed by atoms with van der Waals surface area (Å²) in [6.45, 7) is 5.98. The molecule has 0 spiro atoms. The number of methoxy groups -OCH3 is 1. The fourth-order valence-corrected chi connectivity index (χ4v) is 2.61. The summed E-state index contributed by atoms with van der Waals surface area (Å²) < 4.78 is 5.24. The number of nitrogens with two attached hydrogens (primary N) is 1. The van der Waals surface area contributed by atoms with Gasteiger partial charge in [0.1, 0.15) is 11.8 Å². The summed E-state index contributed by atoms with van der Waals surface area (Å²) in [4.78, 5) is 2.41. The molecule has 0 aromatic heterocycles. The van der Waals surface area contributed by atoms with Crippen LogP contribution in [0.4, 0.5) is 0 Å². The number of hydrogen-bond acceptors (Lipinski definition) is 4. The Morgan fingerprint density at radius 2 is 2.32 bits per heavy atom. The van der Waals surface area contributed by atoms with Gasteiger partial charge >= 0.3 is 0 Å². The van der Waals surface area contributed by atoms with Gasteiger partial charge in [-0.3, -0.25) is 4.90 Å². The smallest absolute Gasteiger partial charge is 0.136 e. The summed E-state index contributed by atoms with van der Waals surface area (Å²) in [5.74, 6) is 0.654. The molecule has 0 radical (unpaired) electrons. The minimum atomic E-state index is 0.247. The van der Waals surface area contributed by atoms with E-state index in [-0.39, 0.29) is 5.41 Å². The van der Waals surface area contributed by atoms with E-state index in [0.717, 1.165) is 32.6 Å². The van der Waals surface area contributed by atoms with Crippen LogP contribution in [0.1, 0.15) is 24.5 Å². The molecule has 1 aromatic carbocycles. The van der Waals surface area contributed by atoms with Crippen LogP contribution in [0.25, 0.3) is 0 Å². The third-order valence-electron chi connectivity index (χ3n) is 3.92. The predicted octanol–water partition coefficient (Wildman–Crippen LogP) is 1.74. The Labute approximate surface area is 114 Å². The Kier molecular flexibility index (Phi) is 4.08. The van der Waals surface area contributed by atoms with Gasteiger partial charge in [-0.25, -0.2) is 0 Å². The lowest BCUT2D eigenvalue weighted by Gasteiger charge is -2.22. The molecule has 0 amide bonds. The van der Waals surface area contributed by atoms with Gasteiger partial charge in [0.15, 0.2) is 0 Å². The molecule has 1 unspecified atom stereocenters. The lowest BCUT2D eigenvalue weighted by atomic mass is 9.90. The molecule has 102 valence electrons. The molecule has 0 bridgehead atoms. The molecule has 1 aliphatic heterocycles. The highest BCUT2D eigenvalue weighted by Gasteiger charge is 2.32. The van der Waals surface area contributed by atoms with E-state index in [9.17, 15) is 0 Å². The predicted molar refractivity (Wildman–Crippen MR) is 74.8 cm³/mol. The fourth-order valence-electron chi connectivity index (χ4n) is 2.61. The summed E-state index contributed by atoms with van der Waals surface area (Å²) in [6, 6.07) is 7.91. The van der Waals surface area contributed by atoms with Gasteiger partial charge in [-0.15, -0.1) is 0 Å². The summed E-state index contributed by atoms with van der Waals surface area (Å²) >= 11 is 0. The monoisotopic (exact) mass is 259 g/mol. The molecule has 1 heterocycles. The zero-order valence-electron chi connectivity index (χ0n) is 11.6. The maximum atomic E-state index is 8.97. The third-order valence-corrected chi connectivity index (χ3v) is 3.92. The number of ether oxygens (including phenoxy) is 1. The minimum Gasteiger partial charge on any atom is -0.495 e. The number of rotatable bonds is 4. The molecule has 1 fully saturated rings. The molecular weight excluding hydrogens is 238 g/mol. The van der Waals surface area contributed by atoms with Gasteiger partial charge in [-0.2, -0.15) is 5.26 Å². The van der Waals surface area contributed by atoms with Crippen LogP contribution in [0, 0.1) is 16.7 Å². The van der Waals surface area contributed by atoms with Gasteiger partial charge in [0.25, 0.3) is 0 Å². The van der Waals surface area contributed by atoms with Crippen molar-refractivity contribution in [3.63, 3.8) is 0 Å². The van der Waals surface area contributed by atoms with E-state index in [1.54, 1.807) is 7.11 Å². The average molecular weight is 259 g/mol. The normalized spacial score (nSPS) is 23.3. The van der Waals surface area contributed by atoms with Crippen LogP contribution in [-0.2, 0) is 6.54 Å². The Morgan fingerprint density at radius 1 is 1.53 bits per heavy atom. The zero-order valence-corrected chi connectivity index (χ0v) is 11.6. The fraction of sp³-hybridized carbons (Fsp3) is 0.533. The van der Waals surface area contributed by atoms with E-state index in [1.807, 2.05) is 18.2 Å². The lowest BCUT2D eigenvalue weighted by Crippen LogP contribution is -2.31. The summed E-state index contributed by atoms with van der Waals surface area (Å²) in [5.41, 5.74) is 7.83. The summed E-state index contributed by atoms with van der Waals surface area (Å²) in [7, 11) is 1.60. The maximum Gasteiger partial charge on any atom is 0.136 e. The molecule has 1 aliphatic rings. The Hall–Kier alpha value is -1.57. The third kappa shape index (κ3) is 3.06. The first kappa shape index (κ1) is 13.9. The summed E-state index contributed by atoms with van der Waals surface area (Å²) in [6.07, 6.45) is 1.15. The van der Waals surface area contributed by atoms with Crippen molar-refractivity contribution in [2.24, 2.45) is 11.1 Å². The molecule has 19 heavy (non-hydrogen) atoms. The molecule has 4 nitrogen and oxygen atoms in total. The lowest BCUT2D eigenvalue weighted by molar-refractivity contribution is 0.274. The van der Waals surface area contributed by atoms with Crippen LogP contribution in [0.2, 0.25) is 0 Å². The first-order chi connectivity index (χ1) is 9.10. The quantitative estimate of drug-likeness (QED) is 0.894. The number of nitrogens with zero attached hydrogens (tertiary/aromatic N) is 2. The van der Waals surface area contributed by atoms with Crippen LogP contribution in [0.5, 0.6) is 5.75 Å². The Bertz CT molecular complexity index is 495. The molecule has 4 heteroatoms. The van der Waals surface area contributed by atoms with Gasteiger partial charge in [-0.05, 0) is 42.6 Å². The SMILES string of the molecule is COc1cc(CN2CCC(C)(CN)C2)ccc1C#N.